The fourth-order valence-electron chi connectivity index (χ4n) is 3.68. The minimum absolute atomic E-state index is 0.0398. The molecule has 0 aliphatic rings. The molecule has 0 bridgehead atoms. The Morgan fingerprint density at radius 2 is 1.78 bits per heavy atom. The van der Waals surface area contributed by atoms with Gasteiger partial charge in [-0.1, -0.05) is 40.6 Å². The summed E-state index contributed by atoms with van der Waals surface area (Å²) in [5.41, 5.74) is -1.67. The van der Waals surface area contributed by atoms with Crippen LogP contribution in [0.2, 0.25) is 10.0 Å². The molecule has 1 atom stereocenters. The standard InChI is InChI=1S/C19H15ClF3NO7.C9H6ClNO3S/c1-3-29-17(25)10(2)30-18(26)13-9-12(5-6-15(13)24(27)28)31-16-7-4-11(8-14(16)20)19(21,22)23;10-5-2-1-3-6-8(5)11(4-7(12)13)9(14)15-6/h4-10H,3H2,1-2H3;1-3H,4H2,(H,12,13). The monoisotopic (exact) mass is 704 g/mol. The van der Waals surface area contributed by atoms with Crippen molar-refractivity contribution in [2.45, 2.75) is 32.7 Å². The van der Waals surface area contributed by atoms with Crippen molar-refractivity contribution in [1.82, 2.24) is 4.57 Å². The van der Waals surface area contributed by atoms with Gasteiger partial charge in [0.15, 0.2) is 6.10 Å². The highest BCUT2D eigenvalue weighted by molar-refractivity contribution is 7.16. The van der Waals surface area contributed by atoms with Gasteiger partial charge in [0.05, 0.1) is 37.4 Å². The van der Waals surface area contributed by atoms with Gasteiger partial charge >= 0.3 is 29.0 Å². The molecule has 0 spiro atoms. The summed E-state index contributed by atoms with van der Waals surface area (Å²) in [5, 5.41) is 19.9. The van der Waals surface area contributed by atoms with E-state index < -0.39 is 51.9 Å². The highest BCUT2D eigenvalue weighted by Gasteiger charge is 2.31. The Morgan fingerprint density at radius 1 is 1.09 bits per heavy atom. The number of nitro benzene ring substituents is 1. The Hall–Kier alpha value is -4.67. The summed E-state index contributed by atoms with van der Waals surface area (Å²) in [4.78, 5) is 56.1. The van der Waals surface area contributed by atoms with E-state index in [0.717, 1.165) is 41.7 Å². The van der Waals surface area contributed by atoms with Crippen LogP contribution in [0.25, 0.3) is 10.2 Å². The Labute approximate surface area is 270 Å². The van der Waals surface area contributed by atoms with Crippen LogP contribution in [0, 0.1) is 10.1 Å². The highest BCUT2D eigenvalue weighted by atomic mass is 35.5. The van der Waals surface area contributed by atoms with E-state index in [4.69, 9.17) is 42.5 Å². The fourth-order valence-corrected chi connectivity index (χ4v) is 5.15. The number of carbonyl (C=O) groups is 3. The molecular formula is C28H21Cl2F3N2O10S. The third kappa shape index (κ3) is 8.95. The van der Waals surface area contributed by atoms with Crippen molar-refractivity contribution in [1.29, 1.82) is 0 Å². The maximum Gasteiger partial charge on any atom is 0.416 e. The van der Waals surface area contributed by atoms with Crippen molar-refractivity contribution in [3.05, 3.63) is 95.6 Å². The Morgan fingerprint density at radius 3 is 2.37 bits per heavy atom. The Balaban J connectivity index is 0.000000318. The van der Waals surface area contributed by atoms with Gasteiger partial charge in [0, 0.05) is 12.1 Å². The third-order valence-corrected chi connectivity index (χ3v) is 7.25. The minimum atomic E-state index is -4.61. The molecule has 0 radical (unpaired) electrons. The number of carboxylic acids is 1. The second-order valence-corrected chi connectivity index (χ2v) is 10.7. The number of hydrogen-bond acceptors (Lipinski definition) is 10. The lowest BCUT2D eigenvalue weighted by Gasteiger charge is -2.13. The van der Waals surface area contributed by atoms with E-state index in [9.17, 15) is 42.5 Å². The molecule has 0 fully saturated rings. The first-order valence-corrected chi connectivity index (χ1v) is 14.3. The van der Waals surface area contributed by atoms with Gasteiger partial charge in [-0.2, -0.15) is 13.2 Å². The van der Waals surface area contributed by atoms with Crippen molar-refractivity contribution in [2.24, 2.45) is 0 Å². The van der Waals surface area contributed by atoms with Crippen LogP contribution in [0.4, 0.5) is 18.9 Å². The molecule has 12 nitrogen and oxygen atoms in total. The molecule has 0 saturated heterocycles. The van der Waals surface area contributed by atoms with Crippen LogP contribution in [0.15, 0.2) is 59.4 Å². The normalized spacial score (nSPS) is 11.6. The second kappa shape index (κ2) is 15.1. The van der Waals surface area contributed by atoms with E-state index >= 15 is 0 Å². The number of rotatable bonds is 9. The number of esters is 2. The molecule has 1 unspecified atom stereocenters. The van der Waals surface area contributed by atoms with Gasteiger partial charge in [-0.15, -0.1) is 0 Å². The topological polar surface area (TPSA) is 164 Å². The maximum absolute atomic E-state index is 12.8. The van der Waals surface area contributed by atoms with Crippen LogP contribution >= 0.6 is 34.5 Å². The van der Waals surface area contributed by atoms with Crippen molar-refractivity contribution in [2.75, 3.05) is 6.61 Å². The van der Waals surface area contributed by atoms with E-state index in [2.05, 4.69) is 0 Å². The number of benzene rings is 3. The van der Waals surface area contributed by atoms with Gasteiger partial charge in [-0.3, -0.25) is 24.3 Å². The molecule has 1 heterocycles. The summed E-state index contributed by atoms with van der Waals surface area (Å²) in [5.74, 6) is -3.42. The third-order valence-electron chi connectivity index (χ3n) is 5.70. The zero-order chi connectivity index (χ0) is 34.3. The van der Waals surface area contributed by atoms with Crippen molar-refractivity contribution in [3.8, 4) is 11.5 Å². The SMILES string of the molecule is CCOC(=O)C(C)OC(=O)c1cc(Oc2ccc(C(F)(F)F)cc2Cl)ccc1[N+](=O)[O-].O=C(O)Cn1c(=O)sc2cccc(Cl)c21. The number of halogens is 5. The van der Waals surface area contributed by atoms with Gasteiger partial charge in [0.1, 0.15) is 23.6 Å². The van der Waals surface area contributed by atoms with Crippen LogP contribution in [-0.4, -0.2) is 45.2 Å². The van der Waals surface area contributed by atoms with Crippen LogP contribution in [0.1, 0.15) is 29.8 Å². The Kier molecular flexibility index (Phi) is 11.7. The first-order chi connectivity index (χ1) is 21.5. The number of alkyl halides is 3. The molecule has 3 aromatic carbocycles. The van der Waals surface area contributed by atoms with Crippen LogP contribution in [0.5, 0.6) is 11.5 Å². The summed E-state index contributed by atoms with van der Waals surface area (Å²) in [6, 6.07) is 10.5. The summed E-state index contributed by atoms with van der Waals surface area (Å²) in [7, 11) is 0. The molecule has 4 rings (SSSR count). The minimum Gasteiger partial charge on any atom is -0.480 e. The number of fused-ring (bicyclic) bond motifs is 1. The number of thiazole rings is 1. The van der Waals surface area contributed by atoms with Gasteiger partial charge in [-0.25, -0.2) is 9.59 Å². The lowest BCUT2D eigenvalue weighted by Crippen LogP contribution is -2.26. The lowest BCUT2D eigenvalue weighted by atomic mass is 10.1. The average molecular weight is 705 g/mol. The molecule has 0 aliphatic heterocycles. The summed E-state index contributed by atoms with van der Waals surface area (Å²) in [6.07, 6.45) is -5.94. The summed E-state index contributed by atoms with van der Waals surface area (Å²) >= 11 is 12.7. The van der Waals surface area contributed by atoms with E-state index in [1.165, 1.54) is 11.5 Å². The number of nitro groups is 1. The average Bonchev–Trinajstić information content (AvgIpc) is 3.28. The molecule has 0 amide bonds. The van der Waals surface area contributed by atoms with Gasteiger partial charge < -0.3 is 19.3 Å². The quantitative estimate of drug-likeness (QED) is 0.109. The fraction of sp³-hybridized carbons (Fsp3) is 0.214. The summed E-state index contributed by atoms with van der Waals surface area (Å²) in [6.45, 7) is 2.45. The van der Waals surface area contributed by atoms with Crippen LogP contribution in [0.3, 0.4) is 0 Å². The first kappa shape index (κ1) is 35.8. The first-order valence-electron chi connectivity index (χ1n) is 12.7. The van der Waals surface area contributed by atoms with Gasteiger partial charge in [0.2, 0.25) is 0 Å². The molecule has 18 heteroatoms. The number of carbonyl (C=O) groups excluding carboxylic acids is 2. The van der Waals surface area contributed by atoms with E-state index in [0.29, 0.717) is 21.3 Å². The number of carboxylic acid groups (broad SMARTS) is 1. The number of nitrogens with zero attached hydrogens (tertiary/aromatic N) is 2. The molecule has 0 aliphatic carbocycles. The lowest BCUT2D eigenvalue weighted by molar-refractivity contribution is -0.385. The molecule has 1 aromatic heterocycles. The highest BCUT2D eigenvalue weighted by Crippen LogP contribution is 2.37. The second-order valence-electron chi connectivity index (χ2n) is 8.92. The molecule has 244 valence electrons. The van der Waals surface area contributed by atoms with Crippen molar-refractivity contribution >= 4 is 68.4 Å². The molecule has 46 heavy (non-hydrogen) atoms. The molecular weight excluding hydrogens is 684 g/mol. The number of aliphatic carboxylic acids is 1. The number of para-hydroxylation sites is 1. The predicted octanol–water partition coefficient (Wildman–Crippen LogP) is 6.97. The molecule has 4 aromatic rings. The van der Waals surface area contributed by atoms with Crippen molar-refractivity contribution < 1.29 is 51.8 Å². The number of hydrogen-bond donors (Lipinski definition) is 1. The maximum atomic E-state index is 12.8. The zero-order valence-corrected chi connectivity index (χ0v) is 25.8. The smallest absolute Gasteiger partial charge is 0.416 e. The Bertz CT molecular complexity index is 1860. The zero-order valence-electron chi connectivity index (χ0n) is 23.5. The van der Waals surface area contributed by atoms with Crippen LogP contribution < -0.4 is 9.61 Å². The summed E-state index contributed by atoms with van der Waals surface area (Å²) < 4.78 is 55.1. The van der Waals surface area contributed by atoms with E-state index in [1.54, 1.807) is 25.1 Å². The number of ether oxygens (including phenoxy) is 3. The predicted molar refractivity (Wildman–Crippen MR) is 160 cm³/mol. The van der Waals surface area contributed by atoms with E-state index in [1.807, 2.05) is 0 Å². The van der Waals surface area contributed by atoms with Crippen LogP contribution in [-0.2, 0) is 31.8 Å². The molecule has 1 N–H and O–H groups in total. The number of aromatic nitrogens is 1. The largest absolute Gasteiger partial charge is 0.480 e. The van der Waals surface area contributed by atoms with Crippen molar-refractivity contribution in [3.63, 3.8) is 0 Å². The van der Waals surface area contributed by atoms with Gasteiger partial charge in [0.25, 0.3) is 5.69 Å². The van der Waals surface area contributed by atoms with E-state index in [-0.39, 0.29) is 34.5 Å². The van der Waals surface area contributed by atoms with Gasteiger partial charge in [-0.05, 0) is 50.2 Å². The molecule has 0 saturated carbocycles.